The quantitative estimate of drug-likeness (QED) is 0.875. The summed E-state index contributed by atoms with van der Waals surface area (Å²) in [6.45, 7) is 4.83. The summed E-state index contributed by atoms with van der Waals surface area (Å²) in [4.78, 5) is 0. The molecule has 1 N–H and O–H groups in total. The molecule has 2 nitrogen and oxygen atoms in total. The second-order valence-corrected chi connectivity index (χ2v) is 4.90. The van der Waals surface area contributed by atoms with Crippen LogP contribution in [0.15, 0.2) is 34.7 Å². The summed E-state index contributed by atoms with van der Waals surface area (Å²) in [5.41, 5.74) is 1.89. The molecule has 0 spiro atoms. The van der Waals surface area contributed by atoms with Gasteiger partial charge in [0.05, 0.1) is 6.04 Å². The first-order valence-corrected chi connectivity index (χ1v) is 6.74. The van der Waals surface area contributed by atoms with Gasteiger partial charge in [-0.15, -0.1) is 0 Å². The Hall–Kier alpha value is -1.32. The lowest BCUT2D eigenvalue weighted by Crippen LogP contribution is -2.23. The van der Waals surface area contributed by atoms with Gasteiger partial charge in [-0.05, 0) is 66.9 Å². The number of nitrogens with one attached hydrogen (secondary N) is 1. The monoisotopic (exact) mass is 281 g/mol. The van der Waals surface area contributed by atoms with E-state index in [-0.39, 0.29) is 11.9 Å². The molecule has 1 aromatic carbocycles. The first-order chi connectivity index (χ1) is 9.11. The molecule has 0 radical (unpaired) electrons. The van der Waals surface area contributed by atoms with Gasteiger partial charge in [0.1, 0.15) is 11.6 Å². The van der Waals surface area contributed by atoms with Crippen molar-refractivity contribution < 1.29 is 8.81 Å². The summed E-state index contributed by atoms with van der Waals surface area (Å²) in [5, 5.41) is 3.76. The van der Waals surface area contributed by atoms with Crippen molar-refractivity contribution in [1.82, 2.24) is 5.32 Å². The lowest BCUT2D eigenvalue weighted by molar-refractivity contribution is 0.446. The lowest BCUT2D eigenvalue weighted by atomic mass is 9.99. The fourth-order valence-corrected chi connectivity index (χ4v) is 2.25. The van der Waals surface area contributed by atoms with Gasteiger partial charge in [-0.25, -0.2) is 4.39 Å². The minimum atomic E-state index is -0.229. The van der Waals surface area contributed by atoms with Crippen molar-refractivity contribution in [3.05, 3.63) is 58.3 Å². The van der Waals surface area contributed by atoms with Crippen LogP contribution >= 0.6 is 11.6 Å². The summed E-state index contributed by atoms with van der Waals surface area (Å²) >= 11 is 5.84. The lowest BCUT2D eigenvalue weighted by Gasteiger charge is -2.19. The molecular formula is C15H17ClFNO. The van der Waals surface area contributed by atoms with Gasteiger partial charge in [0.25, 0.3) is 0 Å². The van der Waals surface area contributed by atoms with E-state index >= 15 is 0 Å². The smallest absolute Gasteiger partial charge is 0.193 e. The molecular weight excluding hydrogens is 265 g/mol. The first-order valence-electron chi connectivity index (χ1n) is 6.36. The van der Waals surface area contributed by atoms with E-state index in [1.54, 1.807) is 12.1 Å². The second-order valence-electron chi connectivity index (χ2n) is 4.53. The molecule has 102 valence electrons. The number of furan rings is 1. The molecule has 0 amide bonds. The van der Waals surface area contributed by atoms with E-state index in [0.29, 0.717) is 5.22 Å². The summed E-state index contributed by atoms with van der Waals surface area (Å²) in [7, 11) is 0. The van der Waals surface area contributed by atoms with Gasteiger partial charge in [-0.1, -0.05) is 13.0 Å². The predicted octanol–water partition coefficient (Wildman–Crippen LogP) is 4.47. The van der Waals surface area contributed by atoms with Crippen LogP contribution < -0.4 is 5.32 Å². The molecule has 0 saturated heterocycles. The molecule has 0 aliphatic heterocycles. The van der Waals surface area contributed by atoms with Crippen LogP contribution in [0, 0.1) is 12.7 Å². The Balaban J connectivity index is 2.36. The molecule has 0 fully saturated rings. The predicted molar refractivity (Wildman–Crippen MR) is 75.0 cm³/mol. The van der Waals surface area contributed by atoms with Crippen molar-refractivity contribution in [2.45, 2.75) is 26.3 Å². The summed E-state index contributed by atoms with van der Waals surface area (Å²) in [6, 6.07) is 8.24. The van der Waals surface area contributed by atoms with E-state index < -0.39 is 0 Å². The van der Waals surface area contributed by atoms with Gasteiger partial charge in [0, 0.05) is 0 Å². The average Bonchev–Trinajstić information content (AvgIpc) is 2.78. The van der Waals surface area contributed by atoms with Gasteiger partial charge >= 0.3 is 0 Å². The van der Waals surface area contributed by atoms with E-state index in [1.807, 2.05) is 13.0 Å². The largest absolute Gasteiger partial charge is 0.448 e. The molecule has 2 rings (SSSR count). The van der Waals surface area contributed by atoms with E-state index in [0.717, 1.165) is 29.9 Å². The van der Waals surface area contributed by atoms with Gasteiger partial charge < -0.3 is 9.73 Å². The van der Waals surface area contributed by atoms with Crippen LogP contribution in [0.5, 0.6) is 0 Å². The molecule has 1 atom stereocenters. The zero-order chi connectivity index (χ0) is 13.8. The van der Waals surface area contributed by atoms with E-state index in [4.69, 9.17) is 16.0 Å². The summed E-state index contributed by atoms with van der Waals surface area (Å²) in [6.07, 6.45) is 1.01. The minimum absolute atomic E-state index is 0.104. The fourth-order valence-electron chi connectivity index (χ4n) is 2.10. The minimum Gasteiger partial charge on any atom is -0.448 e. The summed E-state index contributed by atoms with van der Waals surface area (Å²) < 4.78 is 18.7. The van der Waals surface area contributed by atoms with Crippen LogP contribution in [0.4, 0.5) is 4.39 Å². The zero-order valence-electron chi connectivity index (χ0n) is 11.0. The molecule has 0 aliphatic carbocycles. The van der Waals surface area contributed by atoms with Crippen LogP contribution in [0.3, 0.4) is 0 Å². The number of aryl methyl sites for hydroxylation is 1. The average molecular weight is 282 g/mol. The number of hydrogen-bond acceptors (Lipinski definition) is 2. The van der Waals surface area contributed by atoms with Gasteiger partial charge in [0.2, 0.25) is 0 Å². The zero-order valence-corrected chi connectivity index (χ0v) is 11.8. The normalized spacial score (nSPS) is 12.6. The van der Waals surface area contributed by atoms with Crippen LogP contribution in [0.2, 0.25) is 5.22 Å². The number of halogens is 2. The number of hydrogen-bond donors (Lipinski definition) is 1. The highest BCUT2D eigenvalue weighted by Gasteiger charge is 2.19. The van der Waals surface area contributed by atoms with Crippen LogP contribution in [0.1, 0.15) is 36.3 Å². The third kappa shape index (κ3) is 3.37. The first kappa shape index (κ1) is 14.1. The Labute approximate surface area is 117 Å². The van der Waals surface area contributed by atoms with Gasteiger partial charge in [-0.3, -0.25) is 0 Å². The topological polar surface area (TPSA) is 25.2 Å². The Morgan fingerprint density at radius 2 is 2.11 bits per heavy atom. The maximum atomic E-state index is 13.2. The molecule has 0 aliphatic rings. The van der Waals surface area contributed by atoms with Gasteiger partial charge in [-0.2, -0.15) is 0 Å². The molecule has 4 heteroatoms. The molecule has 1 heterocycles. The van der Waals surface area contributed by atoms with Crippen molar-refractivity contribution in [2.24, 2.45) is 0 Å². The van der Waals surface area contributed by atoms with E-state index in [1.165, 1.54) is 12.1 Å². The van der Waals surface area contributed by atoms with Crippen LogP contribution in [-0.2, 0) is 0 Å². The number of benzene rings is 1. The fraction of sp³-hybridized carbons (Fsp3) is 0.333. The highest BCUT2D eigenvalue weighted by atomic mass is 35.5. The van der Waals surface area contributed by atoms with Crippen molar-refractivity contribution in [2.75, 3.05) is 6.54 Å². The SMILES string of the molecule is CCCNC(c1ccc(Cl)o1)c1ccc(F)cc1C. The Kier molecular flexibility index (Phi) is 4.61. The number of rotatable bonds is 5. The van der Waals surface area contributed by atoms with E-state index in [2.05, 4.69) is 12.2 Å². The molecule has 0 saturated carbocycles. The Bertz CT molecular complexity index is 553. The second kappa shape index (κ2) is 6.22. The summed E-state index contributed by atoms with van der Waals surface area (Å²) in [5.74, 6) is 0.515. The molecule has 1 aromatic heterocycles. The van der Waals surface area contributed by atoms with Crippen LogP contribution in [0.25, 0.3) is 0 Å². The third-order valence-electron chi connectivity index (χ3n) is 3.02. The standard InChI is InChI=1S/C15H17ClFNO/c1-3-8-18-15(13-6-7-14(16)19-13)12-5-4-11(17)9-10(12)2/h4-7,9,15,18H,3,8H2,1-2H3. The van der Waals surface area contributed by atoms with E-state index in [9.17, 15) is 4.39 Å². The van der Waals surface area contributed by atoms with Gasteiger partial charge in [0.15, 0.2) is 5.22 Å². The molecule has 0 bridgehead atoms. The third-order valence-corrected chi connectivity index (χ3v) is 3.22. The Morgan fingerprint density at radius 1 is 1.32 bits per heavy atom. The van der Waals surface area contributed by atoms with Crippen LogP contribution in [-0.4, -0.2) is 6.54 Å². The maximum absolute atomic E-state index is 13.2. The maximum Gasteiger partial charge on any atom is 0.193 e. The molecule has 2 aromatic rings. The molecule has 19 heavy (non-hydrogen) atoms. The Morgan fingerprint density at radius 3 is 2.68 bits per heavy atom. The highest BCUT2D eigenvalue weighted by Crippen LogP contribution is 2.28. The van der Waals surface area contributed by atoms with Crippen molar-refractivity contribution in [1.29, 1.82) is 0 Å². The van der Waals surface area contributed by atoms with Crippen molar-refractivity contribution in [3.8, 4) is 0 Å². The van der Waals surface area contributed by atoms with Crippen molar-refractivity contribution >= 4 is 11.6 Å². The highest BCUT2D eigenvalue weighted by molar-refractivity contribution is 6.28. The van der Waals surface area contributed by atoms with Crippen molar-refractivity contribution in [3.63, 3.8) is 0 Å². The molecule has 1 unspecified atom stereocenters.